The third-order valence-corrected chi connectivity index (χ3v) is 3.47. The molecule has 0 radical (unpaired) electrons. The second-order valence-corrected chi connectivity index (χ2v) is 5.14. The molecule has 3 rings (SSSR count). The molecule has 0 spiro atoms. The normalized spacial score (nSPS) is 10.9. The van der Waals surface area contributed by atoms with E-state index in [0.29, 0.717) is 11.2 Å². The maximum absolute atomic E-state index is 11.9. The van der Waals surface area contributed by atoms with Crippen LogP contribution in [0.3, 0.4) is 0 Å². The van der Waals surface area contributed by atoms with Crippen molar-refractivity contribution in [1.82, 2.24) is 14.7 Å². The standard InChI is InChI=1S/C14H12BrN3O2/c1-9-10(18-7-3-2-4-13(18)17-9)8-16-14(19)11-5-6-12(15)20-11/h2-7H,8H2,1H3,(H,16,19). The van der Waals surface area contributed by atoms with E-state index < -0.39 is 0 Å². The van der Waals surface area contributed by atoms with Crippen LogP contribution in [0.2, 0.25) is 0 Å². The number of furan rings is 1. The molecule has 0 aliphatic carbocycles. The number of halogens is 1. The molecule has 3 heterocycles. The van der Waals surface area contributed by atoms with Gasteiger partial charge in [0.15, 0.2) is 10.4 Å². The number of aryl methyl sites for hydroxylation is 1. The molecule has 6 heteroatoms. The number of carbonyl (C=O) groups excluding carboxylic acids is 1. The van der Waals surface area contributed by atoms with E-state index in [1.54, 1.807) is 12.1 Å². The third-order valence-electron chi connectivity index (χ3n) is 3.04. The van der Waals surface area contributed by atoms with Gasteiger partial charge in [-0.15, -0.1) is 0 Å². The number of fused-ring (bicyclic) bond motifs is 1. The summed E-state index contributed by atoms with van der Waals surface area (Å²) in [5.41, 5.74) is 2.73. The van der Waals surface area contributed by atoms with Crippen molar-refractivity contribution < 1.29 is 9.21 Å². The minimum absolute atomic E-state index is 0.249. The molecular formula is C14H12BrN3O2. The summed E-state index contributed by atoms with van der Waals surface area (Å²) in [6.45, 7) is 2.33. The largest absolute Gasteiger partial charge is 0.444 e. The van der Waals surface area contributed by atoms with Gasteiger partial charge in [0.2, 0.25) is 0 Å². The molecule has 20 heavy (non-hydrogen) atoms. The molecule has 3 aromatic rings. The number of rotatable bonds is 3. The van der Waals surface area contributed by atoms with Gasteiger partial charge < -0.3 is 14.1 Å². The zero-order valence-electron chi connectivity index (χ0n) is 10.8. The Morgan fingerprint density at radius 1 is 1.40 bits per heavy atom. The lowest BCUT2D eigenvalue weighted by molar-refractivity contribution is 0.0921. The summed E-state index contributed by atoms with van der Waals surface area (Å²) in [6.07, 6.45) is 1.93. The van der Waals surface area contributed by atoms with Crippen LogP contribution in [-0.2, 0) is 6.54 Å². The number of nitrogens with zero attached hydrogens (tertiary/aromatic N) is 2. The number of carbonyl (C=O) groups is 1. The van der Waals surface area contributed by atoms with Crippen molar-refractivity contribution in [2.75, 3.05) is 0 Å². The molecule has 102 valence electrons. The number of hydrogen-bond donors (Lipinski definition) is 1. The van der Waals surface area contributed by atoms with Crippen molar-refractivity contribution in [2.45, 2.75) is 13.5 Å². The number of hydrogen-bond acceptors (Lipinski definition) is 3. The molecule has 1 N–H and O–H groups in total. The van der Waals surface area contributed by atoms with Gasteiger partial charge >= 0.3 is 0 Å². The van der Waals surface area contributed by atoms with Crippen molar-refractivity contribution in [1.29, 1.82) is 0 Å². The first-order chi connectivity index (χ1) is 9.65. The Morgan fingerprint density at radius 3 is 3.00 bits per heavy atom. The number of imidazole rings is 1. The Hall–Kier alpha value is -2.08. The first-order valence-corrected chi connectivity index (χ1v) is 6.90. The minimum Gasteiger partial charge on any atom is -0.444 e. The summed E-state index contributed by atoms with van der Waals surface area (Å²) in [5, 5.41) is 2.83. The highest BCUT2D eigenvalue weighted by Gasteiger charge is 2.13. The zero-order chi connectivity index (χ0) is 14.1. The fraction of sp³-hybridized carbons (Fsp3) is 0.143. The molecule has 5 nitrogen and oxygen atoms in total. The molecule has 0 aromatic carbocycles. The summed E-state index contributed by atoms with van der Waals surface area (Å²) in [5.74, 6) is 0.0318. The van der Waals surface area contributed by atoms with Gasteiger partial charge in [0, 0.05) is 6.20 Å². The highest BCUT2D eigenvalue weighted by molar-refractivity contribution is 9.10. The quantitative estimate of drug-likeness (QED) is 0.801. The van der Waals surface area contributed by atoms with Crippen LogP contribution in [0.25, 0.3) is 5.65 Å². The predicted octanol–water partition coefficient (Wildman–Crippen LogP) is 2.93. The zero-order valence-corrected chi connectivity index (χ0v) is 12.3. The van der Waals surface area contributed by atoms with Crippen molar-refractivity contribution in [3.8, 4) is 0 Å². The van der Waals surface area contributed by atoms with Crippen molar-refractivity contribution in [3.05, 3.63) is 58.3 Å². The van der Waals surface area contributed by atoms with Crippen LogP contribution in [0.15, 0.2) is 45.6 Å². The number of amides is 1. The molecule has 0 bridgehead atoms. The summed E-state index contributed by atoms with van der Waals surface area (Å²) < 4.78 is 7.72. The molecular weight excluding hydrogens is 322 g/mol. The first-order valence-electron chi connectivity index (χ1n) is 6.11. The fourth-order valence-electron chi connectivity index (χ4n) is 2.06. The molecule has 3 aromatic heterocycles. The first kappa shape index (κ1) is 12.9. The Morgan fingerprint density at radius 2 is 2.25 bits per heavy atom. The van der Waals surface area contributed by atoms with E-state index in [9.17, 15) is 4.79 Å². The number of nitrogens with one attached hydrogen (secondary N) is 1. The van der Waals surface area contributed by atoms with Crippen LogP contribution in [0.1, 0.15) is 21.9 Å². The second kappa shape index (κ2) is 5.13. The summed E-state index contributed by atoms with van der Waals surface area (Å²) >= 11 is 3.17. The molecule has 0 saturated carbocycles. The van der Waals surface area contributed by atoms with E-state index >= 15 is 0 Å². The van der Waals surface area contributed by atoms with Crippen LogP contribution in [0.4, 0.5) is 0 Å². The molecule has 0 atom stereocenters. The van der Waals surface area contributed by atoms with Crippen LogP contribution in [0.5, 0.6) is 0 Å². The summed E-state index contributed by atoms with van der Waals surface area (Å²) in [4.78, 5) is 16.4. The van der Waals surface area contributed by atoms with Gasteiger partial charge in [0.05, 0.1) is 17.9 Å². The Kier molecular flexibility index (Phi) is 3.31. The lowest BCUT2D eigenvalue weighted by Crippen LogP contribution is -2.23. The van der Waals surface area contributed by atoms with Gasteiger partial charge in [0.1, 0.15) is 5.65 Å². The number of aromatic nitrogens is 2. The van der Waals surface area contributed by atoms with E-state index in [1.165, 1.54) is 0 Å². The fourth-order valence-corrected chi connectivity index (χ4v) is 2.37. The van der Waals surface area contributed by atoms with Gasteiger partial charge in [0.25, 0.3) is 5.91 Å². The highest BCUT2D eigenvalue weighted by atomic mass is 79.9. The highest BCUT2D eigenvalue weighted by Crippen LogP contribution is 2.15. The molecule has 0 aliphatic heterocycles. The van der Waals surface area contributed by atoms with Gasteiger partial charge in [-0.3, -0.25) is 4.79 Å². The number of pyridine rings is 1. The topological polar surface area (TPSA) is 59.5 Å². The average molecular weight is 334 g/mol. The molecule has 0 saturated heterocycles. The lowest BCUT2D eigenvalue weighted by Gasteiger charge is -2.04. The van der Waals surface area contributed by atoms with Crippen LogP contribution >= 0.6 is 15.9 Å². The summed E-state index contributed by atoms with van der Waals surface area (Å²) in [7, 11) is 0. The smallest absolute Gasteiger partial charge is 0.287 e. The molecule has 0 aliphatic rings. The van der Waals surface area contributed by atoms with E-state index in [2.05, 4.69) is 26.2 Å². The third kappa shape index (κ3) is 2.34. The van der Waals surface area contributed by atoms with Crippen molar-refractivity contribution >= 4 is 27.5 Å². The van der Waals surface area contributed by atoms with E-state index in [1.807, 2.05) is 35.7 Å². The van der Waals surface area contributed by atoms with Crippen LogP contribution in [-0.4, -0.2) is 15.3 Å². The maximum Gasteiger partial charge on any atom is 0.287 e. The molecule has 0 unspecified atom stereocenters. The predicted molar refractivity (Wildman–Crippen MR) is 77.5 cm³/mol. The van der Waals surface area contributed by atoms with Gasteiger partial charge in [-0.05, 0) is 47.1 Å². The maximum atomic E-state index is 11.9. The Balaban J connectivity index is 1.80. The monoisotopic (exact) mass is 333 g/mol. The van der Waals surface area contributed by atoms with E-state index in [4.69, 9.17) is 4.42 Å². The Bertz CT molecular complexity index is 776. The van der Waals surface area contributed by atoms with Crippen LogP contribution in [0, 0.1) is 6.92 Å². The van der Waals surface area contributed by atoms with Gasteiger partial charge in [-0.25, -0.2) is 4.98 Å². The SMILES string of the molecule is Cc1nc2ccccn2c1CNC(=O)c1ccc(Br)o1. The van der Waals surface area contributed by atoms with Crippen LogP contribution < -0.4 is 5.32 Å². The van der Waals surface area contributed by atoms with Gasteiger partial charge in [-0.1, -0.05) is 6.07 Å². The average Bonchev–Trinajstić information content (AvgIpc) is 2.99. The van der Waals surface area contributed by atoms with Crippen molar-refractivity contribution in [2.24, 2.45) is 0 Å². The minimum atomic E-state index is -0.249. The lowest BCUT2D eigenvalue weighted by atomic mass is 10.3. The second-order valence-electron chi connectivity index (χ2n) is 4.36. The van der Waals surface area contributed by atoms with Crippen molar-refractivity contribution in [3.63, 3.8) is 0 Å². The molecule has 0 fully saturated rings. The van der Waals surface area contributed by atoms with Gasteiger partial charge in [-0.2, -0.15) is 0 Å². The van der Waals surface area contributed by atoms with E-state index in [-0.39, 0.29) is 11.7 Å². The summed E-state index contributed by atoms with van der Waals surface area (Å²) in [6, 6.07) is 9.12. The molecule has 1 amide bonds. The Labute approximate surface area is 123 Å². The van der Waals surface area contributed by atoms with E-state index in [0.717, 1.165) is 17.0 Å².